The lowest BCUT2D eigenvalue weighted by atomic mass is 9.94. The largest absolute Gasteiger partial charge is 0.452 e. The van der Waals surface area contributed by atoms with Crippen LogP contribution in [0.4, 0.5) is 0 Å². The molecule has 1 amide bonds. The number of amides is 1. The van der Waals surface area contributed by atoms with Crippen molar-refractivity contribution in [3.8, 4) is 0 Å². The van der Waals surface area contributed by atoms with Crippen molar-refractivity contribution < 1.29 is 22.7 Å². The molecule has 0 aliphatic carbocycles. The van der Waals surface area contributed by atoms with Gasteiger partial charge in [0.15, 0.2) is 6.61 Å². The summed E-state index contributed by atoms with van der Waals surface area (Å²) in [6.45, 7) is 5.03. The highest BCUT2D eigenvalue weighted by Crippen LogP contribution is 2.27. The van der Waals surface area contributed by atoms with E-state index in [9.17, 15) is 18.0 Å². The topological polar surface area (TPSA) is 84.0 Å². The molecule has 9 heteroatoms. The lowest BCUT2D eigenvalue weighted by molar-refractivity contribution is -0.133. The second kappa shape index (κ2) is 9.93. The van der Waals surface area contributed by atoms with Crippen LogP contribution in [-0.4, -0.2) is 56.2 Å². The monoisotopic (exact) mass is 464 g/mol. The summed E-state index contributed by atoms with van der Waals surface area (Å²) in [5.41, 5.74) is 1.11. The van der Waals surface area contributed by atoms with Crippen molar-refractivity contribution in [3.63, 3.8) is 0 Å². The zero-order valence-electron chi connectivity index (χ0n) is 18.0. The van der Waals surface area contributed by atoms with E-state index in [0.717, 1.165) is 12.0 Å². The van der Waals surface area contributed by atoms with Crippen molar-refractivity contribution in [3.05, 3.63) is 52.2 Å². The van der Waals surface area contributed by atoms with E-state index in [-0.39, 0.29) is 28.2 Å². The van der Waals surface area contributed by atoms with Crippen molar-refractivity contribution in [1.29, 1.82) is 0 Å². The number of benzene rings is 1. The lowest BCUT2D eigenvalue weighted by Gasteiger charge is -2.34. The molecule has 1 aromatic heterocycles. The first-order valence-corrected chi connectivity index (χ1v) is 12.6. The fourth-order valence-corrected chi connectivity index (χ4v) is 6.19. The minimum absolute atomic E-state index is 0.0594. The first kappa shape index (κ1) is 23.4. The molecule has 2 unspecified atom stereocenters. The Morgan fingerprint density at radius 3 is 2.55 bits per heavy atom. The van der Waals surface area contributed by atoms with Crippen molar-refractivity contribution >= 4 is 33.2 Å². The fraction of sp³-hybridized carbons (Fsp3) is 0.455. The Balaban J connectivity index is 1.63. The van der Waals surface area contributed by atoms with Gasteiger partial charge in [0.25, 0.3) is 5.91 Å². The summed E-state index contributed by atoms with van der Waals surface area (Å²) < 4.78 is 32.8. The third-order valence-electron chi connectivity index (χ3n) is 5.30. The van der Waals surface area contributed by atoms with Crippen LogP contribution in [0.5, 0.6) is 0 Å². The highest BCUT2D eigenvalue weighted by atomic mass is 32.2. The molecule has 2 atom stereocenters. The highest BCUT2D eigenvalue weighted by molar-refractivity contribution is 7.89. The van der Waals surface area contributed by atoms with Crippen LogP contribution < -0.4 is 0 Å². The first-order valence-electron chi connectivity index (χ1n) is 10.2. The van der Waals surface area contributed by atoms with Crippen LogP contribution in [0.15, 0.2) is 46.0 Å². The molecule has 1 aliphatic heterocycles. The number of ether oxygens (including phenoxy) is 1. The van der Waals surface area contributed by atoms with Crippen molar-refractivity contribution in [2.24, 2.45) is 11.8 Å². The Morgan fingerprint density at radius 1 is 1.19 bits per heavy atom. The van der Waals surface area contributed by atoms with Crippen LogP contribution in [-0.2, 0) is 26.1 Å². The van der Waals surface area contributed by atoms with E-state index >= 15 is 0 Å². The SMILES string of the molecule is CC1CC(C)CN(S(=O)(=O)c2cccc(C(=O)OCC(=O)N(C)Cc3ccsc3)c2)C1. The van der Waals surface area contributed by atoms with Gasteiger partial charge in [-0.3, -0.25) is 4.79 Å². The lowest BCUT2D eigenvalue weighted by Crippen LogP contribution is -2.42. The van der Waals surface area contributed by atoms with Crippen LogP contribution in [0.3, 0.4) is 0 Å². The van der Waals surface area contributed by atoms with Gasteiger partial charge < -0.3 is 9.64 Å². The van der Waals surface area contributed by atoms with Gasteiger partial charge >= 0.3 is 5.97 Å². The molecule has 0 radical (unpaired) electrons. The van der Waals surface area contributed by atoms with Gasteiger partial charge in [0.1, 0.15) is 0 Å². The van der Waals surface area contributed by atoms with Crippen LogP contribution in [0, 0.1) is 11.8 Å². The highest BCUT2D eigenvalue weighted by Gasteiger charge is 2.32. The van der Waals surface area contributed by atoms with E-state index in [1.165, 1.54) is 33.5 Å². The summed E-state index contributed by atoms with van der Waals surface area (Å²) in [7, 11) is -2.07. The number of rotatable bonds is 7. The van der Waals surface area contributed by atoms with E-state index in [2.05, 4.69) is 0 Å². The summed E-state index contributed by atoms with van der Waals surface area (Å²) in [6.07, 6.45) is 0.993. The quantitative estimate of drug-likeness (QED) is 0.588. The molecule has 1 aromatic carbocycles. The summed E-state index contributed by atoms with van der Waals surface area (Å²) in [6, 6.07) is 7.74. The van der Waals surface area contributed by atoms with Crippen molar-refractivity contribution in [2.75, 3.05) is 26.7 Å². The smallest absolute Gasteiger partial charge is 0.338 e. The van der Waals surface area contributed by atoms with Crippen LogP contribution in [0.2, 0.25) is 0 Å². The normalized spacial score (nSPS) is 19.7. The Hall–Kier alpha value is -2.23. The Kier molecular flexibility index (Phi) is 7.51. The molecule has 0 saturated carbocycles. The molecule has 3 rings (SSSR count). The predicted octanol–water partition coefficient (Wildman–Crippen LogP) is 3.23. The predicted molar refractivity (Wildman–Crippen MR) is 119 cm³/mol. The molecule has 168 valence electrons. The second-order valence-electron chi connectivity index (χ2n) is 8.25. The molecule has 1 fully saturated rings. The number of esters is 1. The Morgan fingerprint density at radius 2 is 1.90 bits per heavy atom. The van der Waals surface area contributed by atoms with Gasteiger partial charge in [-0.25, -0.2) is 13.2 Å². The van der Waals surface area contributed by atoms with Gasteiger partial charge in [-0.15, -0.1) is 0 Å². The molecule has 1 saturated heterocycles. The summed E-state index contributed by atoms with van der Waals surface area (Å²) in [5.74, 6) is -0.498. The standard InChI is InChI=1S/C22H28N2O5S2/c1-16-9-17(2)12-24(11-16)31(27,28)20-6-4-5-19(10-20)22(26)29-14-21(25)23(3)13-18-7-8-30-15-18/h4-8,10,15-17H,9,11-14H2,1-3H3. The molecule has 31 heavy (non-hydrogen) atoms. The van der Waals surface area contributed by atoms with Gasteiger partial charge in [0.2, 0.25) is 10.0 Å². The van der Waals surface area contributed by atoms with Crippen molar-refractivity contribution in [2.45, 2.75) is 31.7 Å². The van der Waals surface area contributed by atoms with Gasteiger partial charge in [-0.05, 0) is 58.8 Å². The number of carbonyl (C=O) groups excluding carboxylic acids is 2. The summed E-state index contributed by atoms with van der Waals surface area (Å²) >= 11 is 1.55. The van der Waals surface area contributed by atoms with Gasteiger partial charge in [0, 0.05) is 26.7 Å². The van der Waals surface area contributed by atoms with Gasteiger partial charge in [-0.1, -0.05) is 19.9 Å². The molecule has 1 aliphatic rings. The number of sulfonamides is 1. The Labute approximate surface area is 187 Å². The molecule has 0 bridgehead atoms. The zero-order chi connectivity index (χ0) is 22.6. The second-order valence-corrected chi connectivity index (χ2v) is 11.0. The van der Waals surface area contributed by atoms with Gasteiger partial charge in [0.05, 0.1) is 10.5 Å². The van der Waals surface area contributed by atoms with Gasteiger partial charge in [-0.2, -0.15) is 15.6 Å². The Bertz CT molecular complexity index is 1010. The molecule has 2 aromatic rings. The number of thiophene rings is 1. The maximum atomic E-state index is 13.1. The van der Waals surface area contributed by atoms with Crippen LogP contribution in [0.25, 0.3) is 0 Å². The minimum Gasteiger partial charge on any atom is -0.452 e. The molecular formula is C22H28N2O5S2. The van der Waals surface area contributed by atoms with E-state index in [0.29, 0.717) is 19.6 Å². The molecular weight excluding hydrogens is 436 g/mol. The van der Waals surface area contributed by atoms with Crippen LogP contribution in [0.1, 0.15) is 36.2 Å². The average molecular weight is 465 g/mol. The first-order chi connectivity index (χ1) is 14.7. The minimum atomic E-state index is -3.71. The number of hydrogen-bond donors (Lipinski definition) is 0. The fourth-order valence-electron chi connectivity index (χ4n) is 3.80. The number of piperidine rings is 1. The molecule has 7 nitrogen and oxygen atoms in total. The molecule has 0 N–H and O–H groups in total. The van der Waals surface area contributed by atoms with E-state index in [4.69, 9.17) is 4.74 Å². The van der Waals surface area contributed by atoms with E-state index < -0.39 is 22.6 Å². The van der Waals surface area contributed by atoms with E-state index in [1.54, 1.807) is 18.4 Å². The number of likely N-dealkylation sites (N-methyl/N-ethyl adjacent to an activating group) is 1. The third kappa shape index (κ3) is 5.93. The maximum Gasteiger partial charge on any atom is 0.338 e. The van der Waals surface area contributed by atoms with Crippen LogP contribution >= 0.6 is 11.3 Å². The summed E-state index contributed by atoms with van der Waals surface area (Å²) in [4.78, 5) is 26.2. The maximum absolute atomic E-state index is 13.1. The van der Waals surface area contributed by atoms with Crippen molar-refractivity contribution in [1.82, 2.24) is 9.21 Å². The molecule has 2 heterocycles. The summed E-state index contributed by atoms with van der Waals surface area (Å²) in [5, 5.41) is 3.88. The zero-order valence-corrected chi connectivity index (χ0v) is 19.6. The average Bonchev–Trinajstić information content (AvgIpc) is 3.24. The third-order valence-corrected chi connectivity index (χ3v) is 7.85. The number of hydrogen-bond acceptors (Lipinski definition) is 6. The molecule has 0 spiro atoms. The number of carbonyl (C=O) groups is 2. The number of nitrogens with zero attached hydrogens (tertiary/aromatic N) is 2. The van der Waals surface area contributed by atoms with E-state index in [1.807, 2.05) is 30.7 Å².